The van der Waals surface area contributed by atoms with Gasteiger partial charge in [-0.1, -0.05) is 0 Å². The number of hydrogen-bond acceptors (Lipinski definition) is 6. The molecule has 1 N–H and O–H groups in total. The van der Waals surface area contributed by atoms with Gasteiger partial charge in [0.2, 0.25) is 0 Å². The maximum atomic E-state index is 12.5. The number of carbonyl (C=O) groups is 2. The van der Waals surface area contributed by atoms with Gasteiger partial charge in [-0.25, -0.2) is 4.79 Å². The van der Waals surface area contributed by atoms with Crippen molar-refractivity contribution in [3.8, 4) is 0 Å². The van der Waals surface area contributed by atoms with E-state index in [0.29, 0.717) is 12.8 Å². The summed E-state index contributed by atoms with van der Waals surface area (Å²) < 4.78 is 33.5. The third kappa shape index (κ3) is 3.51. The molecule has 2 bridgehead atoms. The van der Waals surface area contributed by atoms with Crippen LogP contribution in [0.1, 0.15) is 47.0 Å². The maximum absolute atomic E-state index is 12.5. The van der Waals surface area contributed by atoms with E-state index in [-0.39, 0.29) is 12.5 Å². The van der Waals surface area contributed by atoms with Gasteiger partial charge < -0.3 is 14.7 Å². The number of fused-ring (bicyclic) bond motifs is 2. The lowest BCUT2D eigenvalue weighted by molar-refractivity contribution is -0.164. The molecule has 0 spiro atoms. The van der Waals surface area contributed by atoms with Crippen molar-refractivity contribution in [2.45, 2.75) is 70.7 Å². The van der Waals surface area contributed by atoms with E-state index in [9.17, 15) is 23.1 Å². The number of carboxylic acid groups (broad SMARTS) is 1. The number of ether oxygens (including phenoxy) is 1. The van der Waals surface area contributed by atoms with Crippen molar-refractivity contribution >= 4 is 22.2 Å². The first-order valence-electron chi connectivity index (χ1n) is 7.88. The highest BCUT2D eigenvalue weighted by Gasteiger charge is 2.61. The summed E-state index contributed by atoms with van der Waals surface area (Å²) in [4.78, 5) is 25.9. The van der Waals surface area contributed by atoms with Gasteiger partial charge in [-0.2, -0.15) is 8.42 Å². The lowest BCUT2D eigenvalue weighted by Crippen LogP contribution is -2.63. The predicted octanol–water partition coefficient (Wildman–Crippen LogP) is 1.59. The SMILES string of the molecule is CC(C)(C)OC(=O)N1C2CCC1C(C)(C(=O)O)C(OS(C)(=O)=O)C2. The quantitative estimate of drug-likeness (QED) is 0.758. The molecule has 0 radical (unpaired) electrons. The Morgan fingerprint density at radius 2 is 1.83 bits per heavy atom. The van der Waals surface area contributed by atoms with Gasteiger partial charge in [0.25, 0.3) is 10.1 Å². The molecule has 0 aromatic carbocycles. The number of piperidine rings is 1. The first-order chi connectivity index (χ1) is 10.8. The molecule has 0 aromatic heterocycles. The number of amides is 1. The Kier molecular flexibility index (Phi) is 4.64. The zero-order valence-corrected chi connectivity index (χ0v) is 15.4. The van der Waals surface area contributed by atoms with E-state index < -0.39 is 45.3 Å². The van der Waals surface area contributed by atoms with Gasteiger partial charge in [0.15, 0.2) is 0 Å². The molecule has 2 saturated heterocycles. The van der Waals surface area contributed by atoms with Gasteiger partial charge in [-0.05, 0) is 47.0 Å². The fourth-order valence-corrected chi connectivity index (χ4v) is 4.33. The summed E-state index contributed by atoms with van der Waals surface area (Å²) in [5.41, 5.74) is -2.22. The van der Waals surface area contributed by atoms with E-state index >= 15 is 0 Å². The predicted molar refractivity (Wildman–Crippen MR) is 85.0 cm³/mol. The molecule has 1 amide bonds. The summed E-state index contributed by atoms with van der Waals surface area (Å²) in [6.45, 7) is 6.66. The van der Waals surface area contributed by atoms with Crippen LogP contribution >= 0.6 is 0 Å². The van der Waals surface area contributed by atoms with E-state index in [1.807, 2.05) is 0 Å². The summed E-state index contributed by atoms with van der Waals surface area (Å²) in [5.74, 6) is -1.19. The molecule has 2 aliphatic heterocycles. The Balaban J connectivity index is 2.36. The molecule has 4 atom stereocenters. The molecule has 9 heteroatoms. The first kappa shape index (κ1) is 19.0. The lowest BCUT2D eigenvalue weighted by atomic mass is 9.73. The van der Waals surface area contributed by atoms with Crippen LogP contribution in [-0.2, 0) is 23.8 Å². The number of nitrogens with zero attached hydrogens (tertiary/aromatic N) is 1. The van der Waals surface area contributed by atoms with Crippen LogP contribution in [0.2, 0.25) is 0 Å². The van der Waals surface area contributed by atoms with Gasteiger partial charge in [-0.15, -0.1) is 0 Å². The van der Waals surface area contributed by atoms with Crippen LogP contribution in [0.5, 0.6) is 0 Å². The van der Waals surface area contributed by atoms with Crippen LogP contribution < -0.4 is 0 Å². The molecule has 0 aromatic rings. The molecule has 24 heavy (non-hydrogen) atoms. The zero-order valence-electron chi connectivity index (χ0n) is 14.6. The first-order valence-corrected chi connectivity index (χ1v) is 9.70. The second-order valence-corrected chi connectivity index (χ2v) is 9.35. The highest BCUT2D eigenvalue weighted by Crippen LogP contribution is 2.49. The highest BCUT2D eigenvalue weighted by atomic mass is 32.2. The molecule has 2 heterocycles. The van der Waals surface area contributed by atoms with E-state index in [1.165, 1.54) is 11.8 Å². The molecule has 4 unspecified atom stereocenters. The largest absolute Gasteiger partial charge is 0.481 e. The molecule has 0 aliphatic carbocycles. The van der Waals surface area contributed by atoms with Crippen LogP contribution in [-0.4, -0.2) is 60.5 Å². The second-order valence-electron chi connectivity index (χ2n) is 7.75. The van der Waals surface area contributed by atoms with Gasteiger partial charge in [0.1, 0.15) is 11.0 Å². The third-order valence-corrected chi connectivity index (χ3v) is 5.29. The summed E-state index contributed by atoms with van der Waals surface area (Å²) in [6.07, 6.45) is 0.525. The Morgan fingerprint density at radius 1 is 1.25 bits per heavy atom. The Hall–Kier alpha value is -1.35. The van der Waals surface area contributed by atoms with Crippen LogP contribution in [0.25, 0.3) is 0 Å². The fraction of sp³-hybridized carbons (Fsp3) is 0.867. The molecule has 2 rings (SSSR count). The zero-order chi connectivity index (χ0) is 18.5. The average Bonchev–Trinajstić information content (AvgIpc) is 2.71. The molecule has 0 saturated carbocycles. The monoisotopic (exact) mass is 363 g/mol. The third-order valence-electron chi connectivity index (χ3n) is 4.71. The number of rotatable bonds is 3. The van der Waals surface area contributed by atoms with E-state index in [4.69, 9.17) is 8.92 Å². The van der Waals surface area contributed by atoms with Crippen molar-refractivity contribution in [2.75, 3.05) is 6.26 Å². The van der Waals surface area contributed by atoms with Crippen molar-refractivity contribution in [2.24, 2.45) is 5.41 Å². The van der Waals surface area contributed by atoms with Gasteiger partial charge in [0.05, 0.1) is 18.4 Å². The summed E-state index contributed by atoms with van der Waals surface area (Å²) in [7, 11) is -3.81. The summed E-state index contributed by atoms with van der Waals surface area (Å²) in [5, 5.41) is 9.76. The molecule has 8 nitrogen and oxygen atoms in total. The molecule has 2 aliphatic rings. The highest BCUT2D eigenvalue weighted by molar-refractivity contribution is 7.86. The molecular formula is C15H25NO7S. The summed E-state index contributed by atoms with van der Waals surface area (Å²) in [6, 6.07) is -0.959. The standard InChI is InChI=1S/C15H25NO7S/c1-14(2,3)22-13(19)16-9-6-7-10(16)15(4,12(17)18)11(8-9)23-24(5,20)21/h9-11H,6-8H2,1-5H3,(H,17,18). The molecule has 2 fully saturated rings. The van der Waals surface area contributed by atoms with Gasteiger partial charge >= 0.3 is 12.1 Å². The van der Waals surface area contributed by atoms with Crippen LogP contribution in [0.3, 0.4) is 0 Å². The van der Waals surface area contributed by atoms with E-state index in [2.05, 4.69) is 0 Å². The minimum absolute atomic E-state index is 0.144. The number of hydrogen-bond donors (Lipinski definition) is 1. The Bertz CT molecular complexity index is 639. The Morgan fingerprint density at radius 3 is 2.29 bits per heavy atom. The number of aliphatic carboxylic acids is 1. The van der Waals surface area contributed by atoms with Crippen molar-refractivity contribution in [1.82, 2.24) is 4.90 Å². The van der Waals surface area contributed by atoms with Crippen LogP contribution in [0.15, 0.2) is 0 Å². The Labute approximate surface area is 142 Å². The van der Waals surface area contributed by atoms with E-state index in [1.54, 1.807) is 20.8 Å². The minimum atomic E-state index is -3.81. The van der Waals surface area contributed by atoms with E-state index in [0.717, 1.165) is 6.26 Å². The topological polar surface area (TPSA) is 110 Å². The normalized spacial score (nSPS) is 33.4. The van der Waals surface area contributed by atoms with Crippen molar-refractivity contribution in [3.63, 3.8) is 0 Å². The number of carbonyl (C=O) groups excluding carboxylic acids is 1. The minimum Gasteiger partial charge on any atom is -0.481 e. The summed E-state index contributed by atoms with van der Waals surface area (Å²) >= 11 is 0. The van der Waals surface area contributed by atoms with Crippen molar-refractivity contribution in [3.05, 3.63) is 0 Å². The lowest BCUT2D eigenvalue weighted by Gasteiger charge is -2.48. The van der Waals surface area contributed by atoms with Crippen LogP contribution in [0, 0.1) is 5.41 Å². The molecule has 138 valence electrons. The average molecular weight is 363 g/mol. The van der Waals surface area contributed by atoms with Gasteiger partial charge in [0, 0.05) is 6.04 Å². The van der Waals surface area contributed by atoms with Crippen molar-refractivity contribution < 1.29 is 32.0 Å². The van der Waals surface area contributed by atoms with Crippen LogP contribution in [0.4, 0.5) is 4.79 Å². The number of carboxylic acids is 1. The maximum Gasteiger partial charge on any atom is 0.410 e. The molecular weight excluding hydrogens is 338 g/mol. The fourth-order valence-electron chi connectivity index (χ4n) is 3.63. The smallest absolute Gasteiger partial charge is 0.410 e. The van der Waals surface area contributed by atoms with Crippen molar-refractivity contribution in [1.29, 1.82) is 0 Å². The second kappa shape index (κ2) is 5.87. The van der Waals surface area contributed by atoms with Gasteiger partial charge in [-0.3, -0.25) is 8.98 Å².